The molecule has 3 aromatic carbocycles. The number of amides is 1. The molecule has 1 amide bonds. The number of pyridine rings is 1. The van der Waals surface area contributed by atoms with Crippen LogP contribution in [0.2, 0.25) is 0 Å². The van der Waals surface area contributed by atoms with Gasteiger partial charge in [0.2, 0.25) is 0 Å². The monoisotopic (exact) mass is 568 g/mol. The van der Waals surface area contributed by atoms with E-state index in [0.717, 1.165) is 11.2 Å². The summed E-state index contributed by atoms with van der Waals surface area (Å²) in [5.74, 6) is 4.34. The van der Waals surface area contributed by atoms with Gasteiger partial charge in [0.25, 0.3) is 11.6 Å². The number of rotatable bonds is 7. The number of nitro benzene ring substituents is 1. The Hall–Kier alpha value is -5.34. The highest BCUT2D eigenvalue weighted by atomic mass is 32.2. The SMILES string of the molecule is O=C(NCc1ccn2ccnc2c1)c1ccc(S(=O)(=O)Cc2ccc([N+](=O)[O-])cc2)c(C#Cc2ccc(F)cc2)c1. The second kappa shape index (κ2) is 11.4. The number of aromatic nitrogens is 2. The molecule has 0 radical (unpaired) electrons. The van der Waals surface area contributed by atoms with Gasteiger partial charge in [-0.2, -0.15) is 0 Å². The number of sulfone groups is 1. The third kappa shape index (κ3) is 6.46. The predicted octanol–water partition coefficient (Wildman–Crippen LogP) is 4.69. The molecule has 0 aliphatic rings. The molecule has 5 aromatic rings. The summed E-state index contributed by atoms with van der Waals surface area (Å²) < 4.78 is 42.0. The molecular formula is C30H21FN4O5S. The summed E-state index contributed by atoms with van der Waals surface area (Å²) in [5.41, 5.74) is 2.50. The number of benzene rings is 3. The van der Waals surface area contributed by atoms with Crippen LogP contribution in [0.15, 0.2) is 102 Å². The maximum atomic E-state index is 13.4. The van der Waals surface area contributed by atoms with Gasteiger partial charge < -0.3 is 9.72 Å². The lowest BCUT2D eigenvalue weighted by atomic mass is 10.1. The molecule has 0 aliphatic heterocycles. The number of carbonyl (C=O) groups excluding carboxylic acids is 1. The molecule has 0 fully saturated rings. The molecule has 11 heteroatoms. The first-order chi connectivity index (χ1) is 19.7. The summed E-state index contributed by atoms with van der Waals surface area (Å²) in [6.07, 6.45) is 5.31. The topological polar surface area (TPSA) is 124 Å². The van der Waals surface area contributed by atoms with Crippen LogP contribution in [0.3, 0.4) is 0 Å². The molecular weight excluding hydrogens is 547 g/mol. The molecule has 0 saturated carbocycles. The molecule has 0 spiro atoms. The minimum absolute atomic E-state index is 0.0858. The lowest BCUT2D eigenvalue weighted by Crippen LogP contribution is -2.23. The Kier molecular flexibility index (Phi) is 7.58. The van der Waals surface area contributed by atoms with Crippen molar-refractivity contribution < 1.29 is 22.5 Å². The molecule has 0 aliphatic carbocycles. The first-order valence-corrected chi connectivity index (χ1v) is 13.9. The van der Waals surface area contributed by atoms with E-state index < -0.39 is 32.2 Å². The number of hydrogen-bond donors (Lipinski definition) is 1. The van der Waals surface area contributed by atoms with Crippen molar-refractivity contribution in [2.45, 2.75) is 17.2 Å². The van der Waals surface area contributed by atoms with E-state index in [2.05, 4.69) is 22.1 Å². The second-order valence-corrected chi connectivity index (χ2v) is 11.0. The van der Waals surface area contributed by atoms with Crippen molar-refractivity contribution in [3.63, 3.8) is 0 Å². The molecule has 41 heavy (non-hydrogen) atoms. The zero-order valence-corrected chi connectivity index (χ0v) is 22.1. The third-order valence-electron chi connectivity index (χ3n) is 6.18. The van der Waals surface area contributed by atoms with Gasteiger partial charge in [0.05, 0.1) is 15.6 Å². The highest BCUT2D eigenvalue weighted by molar-refractivity contribution is 7.90. The zero-order chi connectivity index (χ0) is 29.0. The first-order valence-electron chi connectivity index (χ1n) is 12.3. The second-order valence-electron chi connectivity index (χ2n) is 9.06. The van der Waals surface area contributed by atoms with Crippen LogP contribution >= 0.6 is 0 Å². The molecule has 5 rings (SSSR count). The largest absolute Gasteiger partial charge is 0.348 e. The number of nitro groups is 1. The van der Waals surface area contributed by atoms with Crippen LogP contribution in [0.1, 0.15) is 32.6 Å². The van der Waals surface area contributed by atoms with Gasteiger partial charge in [0, 0.05) is 54.0 Å². The molecule has 0 bridgehead atoms. The fourth-order valence-electron chi connectivity index (χ4n) is 4.07. The number of halogens is 1. The molecule has 0 saturated heterocycles. The Morgan fingerprint density at radius 1 is 0.951 bits per heavy atom. The van der Waals surface area contributed by atoms with Crippen LogP contribution in [0.4, 0.5) is 10.1 Å². The predicted molar refractivity (Wildman–Crippen MR) is 149 cm³/mol. The van der Waals surface area contributed by atoms with Gasteiger partial charge in [-0.3, -0.25) is 14.9 Å². The normalized spacial score (nSPS) is 11.0. The van der Waals surface area contributed by atoms with Gasteiger partial charge in [-0.05, 0) is 65.7 Å². The van der Waals surface area contributed by atoms with Crippen molar-refractivity contribution in [1.29, 1.82) is 0 Å². The van der Waals surface area contributed by atoms with Crippen LogP contribution in [-0.4, -0.2) is 28.6 Å². The van der Waals surface area contributed by atoms with Crippen molar-refractivity contribution in [1.82, 2.24) is 14.7 Å². The fraction of sp³-hybridized carbons (Fsp3) is 0.0667. The lowest BCUT2D eigenvalue weighted by Gasteiger charge is -2.10. The van der Waals surface area contributed by atoms with E-state index in [-0.39, 0.29) is 28.3 Å². The minimum atomic E-state index is -3.97. The number of nitrogens with one attached hydrogen (secondary N) is 1. The van der Waals surface area contributed by atoms with Gasteiger partial charge in [-0.15, -0.1) is 0 Å². The maximum absolute atomic E-state index is 13.4. The molecule has 0 atom stereocenters. The zero-order valence-electron chi connectivity index (χ0n) is 21.3. The Morgan fingerprint density at radius 3 is 2.44 bits per heavy atom. The van der Waals surface area contributed by atoms with Gasteiger partial charge >= 0.3 is 0 Å². The van der Waals surface area contributed by atoms with Gasteiger partial charge in [-0.25, -0.2) is 17.8 Å². The summed E-state index contributed by atoms with van der Waals surface area (Å²) >= 11 is 0. The standard InChI is InChI=1S/C30H21FN4O5S/c31-26-8-2-21(3-9-26)1-6-24-18-25(30(36)33-19-23-13-15-34-16-14-32-29(34)17-23)7-12-28(24)41(39,40)20-22-4-10-27(11-5-22)35(37)38/h2-5,7-18H,19-20H2,(H,33,36). The Morgan fingerprint density at radius 2 is 1.71 bits per heavy atom. The van der Waals surface area contributed by atoms with Crippen molar-refractivity contribution in [2.24, 2.45) is 0 Å². The summed E-state index contributed by atoms with van der Waals surface area (Å²) in [4.78, 5) is 27.5. The average Bonchev–Trinajstić information content (AvgIpc) is 3.43. The molecule has 1 N–H and O–H groups in total. The highest BCUT2D eigenvalue weighted by Crippen LogP contribution is 2.23. The molecule has 9 nitrogen and oxygen atoms in total. The molecule has 2 aromatic heterocycles. The van der Waals surface area contributed by atoms with E-state index >= 15 is 0 Å². The van der Waals surface area contributed by atoms with Crippen LogP contribution < -0.4 is 5.32 Å². The van der Waals surface area contributed by atoms with Crippen molar-refractivity contribution >= 4 is 27.1 Å². The van der Waals surface area contributed by atoms with Gasteiger partial charge in [0.15, 0.2) is 9.84 Å². The lowest BCUT2D eigenvalue weighted by molar-refractivity contribution is -0.384. The molecule has 0 unspecified atom stereocenters. The summed E-state index contributed by atoms with van der Waals surface area (Å²) in [7, 11) is -3.97. The van der Waals surface area contributed by atoms with Crippen molar-refractivity contribution in [2.75, 3.05) is 0 Å². The van der Waals surface area contributed by atoms with Crippen LogP contribution in [0.25, 0.3) is 5.65 Å². The summed E-state index contributed by atoms with van der Waals surface area (Å²) in [6.45, 7) is 0.221. The van der Waals surface area contributed by atoms with Gasteiger partial charge in [-0.1, -0.05) is 24.0 Å². The van der Waals surface area contributed by atoms with Crippen molar-refractivity contribution in [3.8, 4) is 11.8 Å². The minimum Gasteiger partial charge on any atom is -0.348 e. The van der Waals surface area contributed by atoms with E-state index in [0.29, 0.717) is 11.1 Å². The van der Waals surface area contributed by atoms with E-state index in [1.807, 2.05) is 28.9 Å². The van der Waals surface area contributed by atoms with Gasteiger partial charge in [0.1, 0.15) is 11.5 Å². The first kappa shape index (κ1) is 27.2. The quantitative estimate of drug-likeness (QED) is 0.173. The van der Waals surface area contributed by atoms with E-state index in [1.54, 1.807) is 6.20 Å². The van der Waals surface area contributed by atoms with E-state index in [1.165, 1.54) is 66.7 Å². The van der Waals surface area contributed by atoms with Crippen molar-refractivity contribution in [3.05, 3.63) is 141 Å². The summed E-state index contributed by atoms with van der Waals surface area (Å²) in [5, 5.41) is 13.8. The third-order valence-corrected chi connectivity index (χ3v) is 7.92. The van der Waals surface area contributed by atoms with Crippen LogP contribution in [0.5, 0.6) is 0 Å². The van der Waals surface area contributed by atoms with Crippen LogP contribution in [-0.2, 0) is 22.1 Å². The smallest absolute Gasteiger partial charge is 0.269 e. The number of hydrogen-bond acceptors (Lipinski definition) is 6. The molecule has 2 heterocycles. The number of nitrogens with zero attached hydrogens (tertiary/aromatic N) is 3. The highest BCUT2D eigenvalue weighted by Gasteiger charge is 2.21. The number of carbonyl (C=O) groups is 1. The molecule has 204 valence electrons. The van der Waals surface area contributed by atoms with Crippen LogP contribution in [0, 0.1) is 27.8 Å². The van der Waals surface area contributed by atoms with E-state index in [4.69, 9.17) is 0 Å². The number of fused-ring (bicyclic) bond motifs is 1. The number of imidazole rings is 1. The average molecular weight is 569 g/mol. The van der Waals surface area contributed by atoms with E-state index in [9.17, 15) is 27.7 Å². The maximum Gasteiger partial charge on any atom is 0.269 e. The number of non-ortho nitro benzene ring substituents is 1. The summed E-state index contributed by atoms with van der Waals surface area (Å²) in [6, 6.07) is 18.4. The fourth-order valence-corrected chi connectivity index (χ4v) is 5.58. The Labute approximate surface area is 234 Å². The Bertz CT molecular complexity index is 1940. The Balaban J connectivity index is 1.44.